The van der Waals surface area contributed by atoms with Crippen LogP contribution in [0.2, 0.25) is 0 Å². The fourth-order valence-corrected chi connectivity index (χ4v) is 6.62. The van der Waals surface area contributed by atoms with Crippen LogP contribution in [0.3, 0.4) is 0 Å². The van der Waals surface area contributed by atoms with E-state index in [1.54, 1.807) is 0 Å². The summed E-state index contributed by atoms with van der Waals surface area (Å²) in [6.45, 7) is -0.144. The molecule has 5 saturated carbocycles. The van der Waals surface area contributed by atoms with E-state index in [9.17, 15) is 19.6 Å². The van der Waals surface area contributed by atoms with Crippen molar-refractivity contribution in [2.45, 2.75) is 76.2 Å². The predicted octanol–water partition coefficient (Wildman–Crippen LogP) is 2.20. The van der Waals surface area contributed by atoms with Gasteiger partial charge in [0.05, 0.1) is 12.5 Å². The van der Waals surface area contributed by atoms with E-state index in [1.165, 1.54) is 19.3 Å². The molecule has 0 aromatic carbocycles. The second-order valence-electron chi connectivity index (χ2n) is 9.81. The van der Waals surface area contributed by atoms with Crippen LogP contribution in [-0.2, 0) is 19.1 Å². The van der Waals surface area contributed by atoms with Crippen LogP contribution in [-0.4, -0.2) is 36.5 Å². The van der Waals surface area contributed by atoms with Crippen LogP contribution in [0.1, 0.15) is 70.6 Å². The van der Waals surface area contributed by atoms with Crippen LogP contribution < -0.4 is 10.6 Å². The summed E-state index contributed by atoms with van der Waals surface area (Å²) in [5.74, 6) is 1.24. The Hall–Kier alpha value is -2.10. The van der Waals surface area contributed by atoms with Gasteiger partial charge in [0, 0.05) is 12.0 Å². The minimum Gasteiger partial charge on any atom is -0.456 e. The molecule has 0 radical (unpaired) electrons. The van der Waals surface area contributed by atoms with Gasteiger partial charge < -0.3 is 15.4 Å². The Morgan fingerprint density at radius 3 is 2.14 bits per heavy atom. The van der Waals surface area contributed by atoms with Gasteiger partial charge in [0.2, 0.25) is 5.91 Å². The van der Waals surface area contributed by atoms with Crippen molar-refractivity contribution in [1.82, 2.24) is 10.6 Å². The van der Waals surface area contributed by atoms with Crippen molar-refractivity contribution in [3.8, 4) is 6.07 Å². The normalized spacial score (nSPS) is 33.7. The van der Waals surface area contributed by atoms with E-state index in [-0.39, 0.29) is 30.9 Å². The highest BCUT2D eigenvalue weighted by Gasteiger charge is 2.54. The zero-order valence-electron chi connectivity index (χ0n) is 17.0. The zero-order chi connectivity index (χ0) is 20.5. The van der Waals surface area contributed by atoms with E-state index in [0.717, 1.165) is 32.1 Å². The Morgan fingerprint density at radius 2 is 1.59 bits per heavy atom. The summed E-state index contributed by atoms with van der Waals surface area (Å²) < 4.78 is 5.02. The molecule has 158 valence electrons. The van der Waals surface area contributed by atoms with Gasteiger partial charge in [-0.05, 0) is 82.0 Å². The van der Waals surface area contributed by atoms with Crippen molar-refractivity contribution in [3.05, 3.63) is 0 Å². The molecule has 0 aliphatic heterocycles. The smallest absolute Gasteiger partial charge is 0.308 e. The lowest BCUT2D eigenvalue weighted by molar-refractivity contribution is -0.150. The summed E-state index contributed by atoms with van der Waals surface area (Å²) in [5, 5.41) is 14.9. The maximum atomic E-state index is 12.8. The molecule has 0 spiro atoms. The second kappa shape index (κ2) is 7.97. The number of carbonyl (C=O) groups excluding carboxylic acids is 3. The van der Waals surface area contributed by atoms with Gasteiger partial charge in [-0.3, -0.25) is 14.4 Å². The maximum absolute atomic E-state index is 12.8. The first-order valence-corrected chi connectivity index (χ1v) is 11.1. The van der Waals surface area contributed by atoms with Gasteiger partial charge in [-0.2, -0.15) is 5.26 Å². The third kappa shape index (κ3) is 4.26. The molecule has 5 fully saturated rings. The second-order valence-corrected chi connectivity index (χ2v) is 9.81. The molecule has 0 unspecified atom stereocenters. The molecule has 0 aromatic rings. The minimum atomic E-state index is -0.810. The Kier molecular flexibility index (Phi) is 5.54. The van der Waals surface area contributed by atoms with E-state index in [1.807, 2.05) is 0 Å². The van der Waals surface area contributed by atoms with Crippen LogP contribution in [0, 0.1) is 34.5 Å². The number of rotatable bonds is 7. The van der Waals surface area contributed by atoms with Crippen molar-refractivity contribution in [3.63, 3.8) is 0 Å². The summed E-state index contributed by atoms with van der Waals surface area (Å²) in [7, 11) is 0. The number of nitriles is 1. The highest BCUT2D eigenvalue weighted by Crippen LogP contribution is 2.60. The zero-order valence-corrected chi connectivity index (χ0v) is 17.0. The number of nitrogens with zero attached hydrogens (tertiary/aromatic N) is 1. The lowest BCUT2D eigenvalue weighted by Gasteiger charge is -2.55. The summed E-state index contributed by atoms with van der Waals surface area (Å²) in [5.41, 5.74) is -1.03. The van der Waals surface area contributed by atoms with Crippen molar-refractivity contribution in [1.29, 1.82) is 5.26 Å². The molecule has 7 nitrogen and oxygen atoms in total. The first kappa shape index (κ1) is 20.2. The van der Waals surface area contributed by atoms with Gasteiger partial charge in [-0.1, -0.05) is 0 Å². The molecule has 0 heterocycles. The van der Waals surface area contributed by atoms with E-state index in [2.05, 4.69) is 16.7 Å². The maximum Gasteiger partial charge on any atom is 0.308 e. The van der Waals surface area contributed by atoms with Gasteiger partial charge in [0.25, 0.3) is 5.91 Å². The van der Waals surface area contributed by atoms with E-state index >= 15 is 0 Å². The number of esters is 1. The summed E-state index contributed by atoms with van der Waals surface area (Å²) in [4.78, 5) is 36.8. The molecule has 5 rings (SSSR count). The fraction of sp³-hybridized carbons (Fsp3) is 0.818. The molecular weight excluding hydrogens is 370 g/mol. The highest BCUT2D eigenvalue weighted by molar-refractivity contribution is 5.84. The minimum absolute atomic E-state index is 0.0504. The standard InChI is InChI=1S/C22H31N3O4/c23-14-22(4-1-2-5-22)25-18(26)13-29-19(27)3-6-24-20(28)21-10-15-7-16(11-21)9-17(8-15)12-21/h15-17H,1-13H2,(H,24,28)(H,25,26). The van der Waals surface area contributed by atoms with Crippen LogP contribution in [0.4, 0.5) is 0 Å². The van der Waals surface area contributed by atoms with Gasteiger partial charge >= 0.3 is 5.97 Å². The Morgan fingerprint density at radius 1 is 1.00 bits per heavy atom. The van der Waals surface area contributed by atoms with Gasteiger partial charge in [0.15, 0.2) is 6.61 Å². The van der Waals surface area contributed by atoms with Crippen LogP contribution in [0.25, 0.3) is 0 Å². The number of nitrogens with one attached hydrogen (secondary N) is 2. The molecule has 5 aliphatic rings. The molecular formula is C22H31N3O4. The monoisotopic (exact) mass is 401 g/mol. The molecule has 2 N–H and O–H groups in total. The van der Waals surface area contributed by atoms with Crippen LogP contribution >= 0.6 is 0 Å². The number of hydrogen-bond acceptors (Lipinski definition) is 5. The molecule has 7 heteroatoms. The van der Waals surface area contributed by atoms with Crippen LogP contribution in [0.15, 0.2) is 0 Å². The SMILES string of the molecule is N#CC1(NC(=O)COC(=O)CCNC(=O)C23CC4CC(CC(C4)C2)C3)CCCC1. The fourth-order valence-electron chi connectivity index (χ4n) is 6.62. The predicted molar refractivity (Wildman–Crippen MR) is 104 cm³/mol. The number of carbonyl (C=O) groups is 3. The van der Waals surface area contributed by atoms with E-state index < -0.39 is 17.4 Å². The molecule has 0 saturated heterocycles. The average Bonchev–Trinajstić information content (AvgIpc) is 3.14. The quantitative estimate of drug-likeness (QED) is 0.636. The van der Waals surface area contributed by atoms with Crippen molar-refractivity contribution in [2.75, 3.05) is 13.2 Å². The summed E-state index contributed by atoms with van der Waals surface area (Å²) in [6, 6.07) is 2.18. The number of ether oxygens (including phenoxy) is 1. The van der Waals surface area contributed by atoms with Crippen molar-refractivity contribution >= 4 is 17.8 Å². The largest absolute Gasteiger partial charge is 0.456 e. The molecule has 4 bridgehead atoms. The highest BCUT2D eigenvalue weighted by atomic mass is 16.5. The number of amides is 2. The lowest BCUT2D eigenvalue weighted by Crippen LogP contribution is -2.53. The Labute approximate surface area is 171 Å². The number of hydrogen-bond donors (Lipinski definition) is 2. The molecule has 5 aliphatic carbocycles. The van der Waals surface area contributed by atoms with Crippen molar-refractivity contribution < 1.29 is 19.1 Å². The Bertz CT molecular complexity index is 685. The third-order valence-corrected chi connectivity index (χ3v) is 7.55. The summed E-state index contributed by atoms with van der Waals surface area (Å²) >= 11 is 0. The van der Waals surface area contributed by atoms with Gasteiger partial charge in [-0.25, -0.2) is 0 Å². The molecule has 0 atom stereocenters. The molecule has 29 heavy (non-hydrogen) atoms. The van der Waals surface area contributed by atoms with Crippen LogP contribution in [0.5, 0.6) is 0 Å². The van der Waals surface area contributed by atoms with Gasteiger partial charge in [-0.15, -0.1) is 0 Å². The first-order chi connectivity index (χ1) is 13.9. The summed E-state index contributed by atoms with van der Waals surface area (Å²) in [6.07, 6.45) is 10.0. The Balaban J connectivity index is 1.16. The van der Waals surface area contributed by atoms with Gasteiger partial charge in [0.1, 0.15) is 5.54 Å². The van der Waals surface area contributed by atoms with E-state index in [4.69, 9.17) is 4.74 Å². The topological polar surface area (TPSA) is 108 Å². The molecule has 2 amide bonds. The lowest BCUT2D eigenvalue weighted by atomic mass is 9.49. The first-order valence-electron chi connectivity index (χ1n) is 11.1. The van der Waals surface area contributed by atoms with E-state index in [0.29, 0.717) is 30.6 Å². The average molecular weight is 402 g/mol. The molecule has 0 aromatic heterocycles. The third-order valence-electron chi connectivity index (χ3n) is 7.55. The van der Waals surface area contributed by atoms with Crippen molar-refractivity contribution in [2.24, 2.45) is 23.2 Å².